The van der Waals surface area contributed by atoms with Crippen LogP contribution < -0.4 is 11.1 Å². The van der Waals surface area contributed by atoms with Gasteiger partial charge < -0.3 is 15.6 Å². The zero-order valence-electron chi connectivity index (χ0n) is 11.3. The van der Waals surface area contributed by atoms with Crippen LogP contribution in [0.15, 0.2) is 6.33 Å². The zero-order valence-corrected chi connectivity index (χ0v) is 11.3. The summed E-state index contributed by atoms with van der Waals surface area (Å²) in [5.74, 6) is -0.235. The van der Waals surface area contributed by atoms with Crippen LogP contribution in [0.25, 0.3) is 0 Å². The lowest BCUT2D eigenvalue weighted by molar-refractivity contribution is -0.120. The molecule has 2 aliphatic rings. The number of aromatic nitrogens is 2. The molecule has 0 spiro atoms. The predicted octanol–water partition coefficient (Wildman–Crippen LogP) is 0.758. The fraction of sp³-hybridized carbons (Fsp3) is 0.714. The molecule has 104 valence electrons. The van der Waals surface area contributed by atoms with Crippen LogP contribution in [0.4, 0.5) is 0 Å². The number of carbonyl (C=O) groups is 1. The first-order valence-electron chi connectivity index (χ1n) is 7.32. The van der Waals surface area contributed by atoms with Crippen LogP contribution in [-0.4, -0.2) is 27.5 Å². The van der Waals surface area contributed by atoms with Crippen LogP contribution in [0.5, 0.6) is 0 Å². The van der Waals surface area contributed by atoms with E-state index in [2.05, 4.69) is 14.9 Å². The molecular weight excluding hydrogens is 240 g/mol. The number of carbonyl (C=O) groups excluding carboxylic acids is 1. The number of imidazole rings is 1. The van der Waals surface area contributed by atoms with E-state index in [4.69, 9.17) is 5.73 Å². The molecule has 3 N–H and O–H groups in total. The Morgan fingerprint density at radius 3 is 3.00 bits per heavy atom. The van der Waals surface area contributed by atoms with E-state index in [1.54, 1.807) is 0 Å². The molecule has 5 nitrogen and oxygen atoms in total. The van der Waals surface area contributed by atoms with E-state index in [0.29, 0.717) is 6.04 Å². The highest BCUT2D eigenvalue weighted by Crippen LogP contribution is 2.22. The summed E-state index contributed by atoms with van der Waals surface area (Å²) in [6.45, 7) is 0.829. The highest BCUT2D eigenvalue weighted by atomic mass is 16.1. The summed E-state index contributed by atoms with van der Waals surface area (Å²) in [6, 6.07) is 0.309. The lowest BCUT2D eigenvalue weighted by Crippen LogP contribution is -2.43. The van der Waals surface area contributed by atoms with Crippen molar-refractivity contribution in [2.24, 2.45) is 5.73 Å². The van der Waals surface area contributed by atoms with Gasteiger partial charge in [0.15, 0.2) is 0 Å². The van der Waals surface area contributed by atoms with Crippen molar-refractivity contribution in [3.63, 3.8) is 0 Å². The summed E-state index contributed by atoms with van der Waals surface area (Å²) >= 11 is 0. The van der Waals surface area contributed by atoms with Gasteiger partial charge in [0.05, 0.1) is 18.1 Å². The first-order chi connectivity index (χ1) is 9.24. The lowest BCUT2D eigenvalue weighted by atomic mass is 10.0. The van der Waals surface area contributed by atoms with Gasteiger partial charge >= 0.3 is 0 Å². The fourth-order valence-corrected chi connectivity index (χ4v) is 2.83. The summed E-state index contributed by atoms with van der Waals surface area (Å²) in [4.78, 5) is 15.9. The van der Waals surface area contributed by atoms with Crippen LogP contribution in [0, 0.1) is 0 Å². The first kappa shape index (κ1) is 12.7. The minimum absolute atomic E-state index is 0.200. The predicted molar refractivity (Wildman–Crippen MR) is 72.6 cm³/mol. The molecule has 19 heavy (non-hydrogen) atoms. The number of rotatable bonds is 6. The molecule has 1 atom stereocenters. The average molecular weight is 262 g/mol. The molecule has 1 fully saturated rings. The Morgan fingerprint density at radius 2 is 2.26 bits per heavy atom. The van der Waals surface area contributed by atoms with Gasteiger partial charge in [-0.05, 0) is 44.9 Å². The van der Waals surface area contributed by atoms with Crippen molar-refractivity contribution in [1.29, 1.82) is 0 Å². The second kappa shape index (κ2) is 5.33. The lowest BCUT2D eigenvalue weighted by Gasteiger charge is -2.17. The molecule has 3 rings (SSSR count). The summed E-state index contributed by atoms with van der Waals surface area (Å²) < 4.78 is 2.21. The molecule has 5 heteroatoms. The van der Waals surface area contributed by atoms with Crippen molar-refractivity contribution in [2.75, 3.05) is 0 Å². The quantitative estimate of drug-likeness (QED) is 0.795. The normalized spacial score (nSPS) is 20.0. The topological polar surface area (TPSA) is 72.9 Å². The molecule has 2 aliphatic carbocycles. The molecule has 1 saturated carbocycles. The van der Waals surface area contributed by atoms with Crippen molar-refractivity contribution < 1.29 is 4.79 Å². The van der Waals surface area contributed by atoms with E-state index in [-0.39, 0.29) is 11.9 Å². The molecule has 0 saturated heterocycles. The van der Waals surface area contributed by atoms with Gasteiger partial charge in [0.2, 0.25) is 5.91 Å². The number of nitrogens with zero attached hydrogens (tertiary/aromatic N) is 2. The number of primary amides is 1. The molecular formula is C14H22N4O. The smallest absolute Gasteiger partial charge is 0.234 e. The Labute approximate surface area is 113 Å². The number of nitrogens with two attached hydrogens (primary N) is 1. The van der Waals surface area contributed by atoms with Crippen molar-refractivity contribution in [1.82, 2.24) is 14.9 Å². The number of hydrogen-bond acceptors (Lipinski definition) is 3. The maximum atomic E-state index is 11.4. The third-order valence-corrected chi connectivity index (χ3v) is 4.13. The maximum Gasteiger partial charge on any atom is 0.234 e. The number of hydrogen-bond donors (Lipinski definition) is 2. The van der Waals surface area contributed by atoms with E-state index < -0.39 is 0 Å². The molecule has 1 aromatic heterocycles. The zero-order chi connectivity index (χ0) is 13.2. The Kier molecular flexibility index (Phi) is 3.55. The minimum Gasteiger partial charge on any atom is -0.368 e. The monoisotopic (exact) mass is 262 g/mol. The van der Waals surface area contributed by atoms with Crippen LogP contribution in [0.2, 0.25) is 0 Å². The van der Waals surface area contributed by atoms with Gasteiger partial charge in [-0.3, -0.25) is 4.79 Å². The van der Waals surface area contributed by atoms with Crippen molar-refractivity contribution >= 4 is 5.91 Å². The van der Waals surface area contributed by atoms with E-state index in [9.17, 15) is 4.79 Å². The number of aryl methyl sites for hydroxylation is 2. The third kappa shape index (κ3) is 2.97. The minimum atomic E-state index is -0.235. The second-order valence-corrected chi connectivity index (χ2v) is 5.72. The van der Waals surface area contributed by atoms with E-state index in [1.165, 1.54) is 37.1 Å². The van der Waals surface area contributed by atoms with Crippen molar-refractivity contribution in [2.45, 2.75) is 63.6 Å². The van der Waals surface area contributed by atoms with Crippen LogP contribution in [0.1, 0.15) is 43.5 Å². The first-order valence-corrected chi connectivity index (χ1v) is 7.32. The van der Waals surface area contributed by atoms with E-state index >= 15 is 0 Å². The Hall–Kier alpha value is -1.36. The molecule has 1 heterocycles. The van der Waals surface area contributed by atoms with Gasteiger partial charge in [0, 0.05) is 18.3 Å². The summed E-state index contributed by atoms with van der Waals surface area (Å²) in [5.41, 5.74) is 8.07. The van der Waals surface area contributed by atoms with Gasteiger partial charge in [-0.15, -0.1) is 0 Å². The van der Waals surface area contributed by atoms with E-state index in [1.807, 2.05) is 6.33 Å². The molecule has 0 aromatic carbocycles. The molecule has 0 aliphatic heterocycles. The summed E-state index contributed by atoms with van der Waals surface area (Å²) in [6.07, 6.45) is 9.73. The molecule has 1 unspecified atom stereocenters. The van der Waals surface area contributed by atoms with Crippen molar-refractivity contribution in [3.8, 4) is 0 Å². The van der Waals surface area contributed by atoms with Gasteiger partial charge in [-0.25, -0.2) is 4.98 Å². The second-order valence-electron chi connectivity index (χ2n) is 5.72. The Balaban J connectivity index is 1.60. The molecule has 0 bridgehead atoms. The van der Waals surface area contributed by atoms with Gasteiger partial charge in [-0.1, -0.05) is 0 Å². The SMILES string of the molecule is NC(=O)C(CCn1cnc2c1CCCC2)NC1CC1. The van der Waals surface area contributed by atoms with Gasteiger partial charge in [0.25, 0.3) is 0 Å². The maximum absolute atomic E-state index is 11.4. The van der Waals surface area contributed by atoms with Gasteiger partial charge in [-0.2, -0.15) is 0 Å². The molecule has 0 radical (unpaired) electrons. The van der Waals surface area contributed by atoms with Gasteiger partial charge in [0.1, 0.15) is 0 Å². The largest absolute Gasteiger partial charge is 0.368 e. The summed E-state index contributed by atoms with van der Waals surface area (Å²) in [5, 5.41) is 3.32. The Morgan fingerprint density at radius 1 is 1.47 bits per heavy atom. The number of nitrogens with one attached hydrogen (secondary N) is 1. The number of amides is 1. The highest BCUT2D eigenvalue weighted by Gasteiger charge is 2.27. The van der Waals surface area contributed by atoms with E-state index in [0.717, 1.165) is 25.8 Å². The fourth-order valence-electron chi connectivity index (χ4n) is 2.83. The highest BCUT2D eigenvalue weighted by molar-refractivity contribution is 5.79. The van der Waals surface area contributed by atoms with Crippen LogP contribution >= 0.6 is 0 Å². The average Bonchev–Trinajstić information content (AvgIpc) is 3.13. The van der Waals surface area contributed by atoms with Crippen LogP contribution in [0.3, 0.4) is 0 Å². The Bertz CT molecular complexity index is 464. The molecule has 1 amide bonds. The summed E-state index contributed by atoms with van der Waals surface area (Å²) in [7, 11) is 0. The van der Waals surface area contributed by atoms with Crippen LogP contribution in [-0.2, 0) is 24.2 Å². The standard InChI is InChI=1S/C14H22N4O/c15-14(19)12(17-10-5-6-10)7-8-18-9-16-11-3-1-2-4-13(11)18/h9-10,12,17H,1-8H2,(H2,15,19). The third-order valence-electron chi connectivity index (χ3n) is 4.13. The van der Waals surface area contributed by atoms with Crippen molar-refractivity contribution in [3.05, 3.63) is 17.7 Å². The number of fused-ring (bicyclic) bond motifs is 1. The molecule has 1 aromatic rings.